The Labute approximate surface area is 209 Å². The van der Waals surface area contributed by atoms with E-state index >= 15 is 0 Å². The standard InChI is InChI=1S/C24H46O11/c1-2-26-4-8-29-12-16-33-20-23(19-32-15-11-28-7-3-25-1)24-21-34-17-13-30-9-5-27-6-10-31-14-18-35-22-24/h23-24H,1-22H2. The first-order valence-corrected chi connectivity index (χ1v) is 12.8. The SMILES string of the molecule is C1COCCOCCOCC(C2COCCOCCOCCOCCOC2)COCCOCCO1. The lowest BCUT2D eigenvalue weighted by molar-refractivity contribution is -0.0692. The lowest BCUT2D eigenvalue weighted by Crippen LogP contribution is -2.33. The Kier molecular flexibility index (Phi) is 21.0. The minimum absolute atomic E-state index is 0.0953. The lowest BCUT2D eigenvalue weighted by atomic mass is 9.95. The van der Waals surface area contributed by atoms with Crippen LogP contribution in [0.3, 0.4) is 0 Å². The van der Waals surface area contributed by atoms with Gasteiger partial charge in [-0.2, -0.15) is 0 Å². The molecule has 2 rings (SSSR count). The number of ether oxygens (including phenoxy) is 11. The average molecular weight is 511 g/mol. The summed E-state index contributed by atoms with van der Waals surface area (Å²) < 4.78 is 62.4. The molecule has 0 atom stereocenters. The van der Waals surface area contributed by atoms with Crippen LogP contribution in [0.25, 0.3) is 0 Å². The van der Waals surface area contributed by atoms with Crippen LogP contribution in [-0.4, -0.2) is 145 Å². The van der Waals surface area contributed by atoms with Crippen LogP contribution < -0.4 is 0 Å². The van der Waals surface area contributed by atoms with Crippen LogP contribution in [0.2, 0.25) is 0 Å². The predicted molar refractivity (Wildman–Crippen MR) is 126 cm³/mol. The van der Waals surface area contributed by atoms with Gasteiger partial charge in [0.05, 0.1) is 145 Å². The summed E-state index contributed by atoms with van der Waals surface area (Å²) in [7, 11) is 0. The Hall–Kier alpha value is -0.440. The summed E-state index contributed by atoms with van der Waals surface area (Å²) in [6.07, 6.45) is 0. The summed E-state index contributed by atoms with van der Waals surface area (Å²) in [5, 5.41) is 0. The smallest absolute Gasteiger partial charge is 0.0701 e. The van der Waals surface area contributed by atoms with Gasteiger partial charge in [0.25, 0.3) is 0 Å². The minimum Gasteiger partial charge on any atom is -0.379 e. The van der Waals surface area contributed by atoms with Gasteiger partial charge in [0.1, 0.15) is 0 Å². The first kappa shape index (κ1) is 30.8. The maximum absolute atomic E-state index is 5.93. The Morgan fingerprint density at radius 1 is 0.200 bits per heavy atom. The van der Waals surface area contributed by atoms with Gasteiger partial charge in [-0.1, -0.05) is 0 Å². The molecule has 2 saturated heterocycles. The second-order valence-corrected chi connectivity index (χ2v) is 8.11. The molecule has 0 aromatic heterocycles. The maximum Gasteiger partial charge on any atom is 0.0701 e. The molecule has 0 aromatic carbocycles. The van der Waals surface area contributed by atoms with Gasteiger partial charge in [0.15, 0.2) is 0 Å². The molecule has 0 aromatic rings. The van der Waals surface area contributed by atoms with Crippen molar-refractivity contribution >= 4 is 0 Å². The fourth-order valence-corrected chi connectivity index (χ4v) is 3.35. The molecule has 0 spiro atoms. The Morgan fingerprint density at radius 2 is 0.343 bits per heavy atom. The highest BCUT2D eigenvalue weighted by Crippen LogP contribution is 2.16. The van der Waals surface area contributed by atoms with Crippen LogP contribution in [-0.2, 0) is 52.1 Å². The highest BCUT2D eigenvalue weighted by molar-refractivity contribution is 4.70. The zero-order valence-corrected chi connectivity index (χ0v) is 21.2. The van der Waals surface area contributed by atoms with Crippen LogP contribution >= 0.6 is 0 Å². The molecule has 0 saturated carbocycles. The van der Waals surface area contributed by atoms with Gasteiger partial charge in [-0.3, -0.25) is 0 Å². The summed E-state index contributed by atoms with van der Waals surface area (Å²) in [4.78, 5) is 0. The molecule has 35 heavy (non-hydrogen) atoms. The van der Waals surface area contributed by atoms with Crippen molar-refractivity contribution in [2.75, 3.05) is 145 Å². The lowest BCUT2D eigenvalue weighted by Gasteiger charge is -2.27. The van der Waals surface area contributed by atoms with Crippen molar-refractivity contribution in [3.63, 3.8) is 0 Å². The average Bonchev–Trinajstić information content (AvgIpc) is 2.86. The largest absolute Gasteiger partial charge is 0.379 e. The Bertz CT molecular complexity index is 408. The molecule has 0 N–H and O–H groups in total. The van der Waals surface area contributed by atoms with E-state index in [0.29, 0.717) is 145 Å². The van der Waals surface area contributed by atoms with E-state index in [4.69, 9.17) is 52.1 Å². The molecule has 0 radical (unpaired) electrons. The third-order valence-electron chi connectivity index (χ3n) is 5.34. The van der Waals surface area contributed by atoms with Gasteiger partial charge in [0.2, 0.25) is 0 Å². The van der Waals surface area contributed by atoms with Crippen LogP contribution in [0.4, 0.5) is 0 Å². The molecule has 11 heteroatoms. The van der Waals surface area contributed by atoms with Gasteiger partial charge >= 0.3 is 0 Å². The van der Waals surface area contributed by atoms with Crippen LogP contribution in [0.1, 0.15) is 0 Å². The van der Waals surface area contributed by atoms with Crippen LogP contribution in [0.5, 0.6) is 0 Å². The molecule has 2 heterocycles. The molecule has 11 nitrogen and oxygen atoms in total. The second kappa shape index (κ2) is 23.9. The van der Waals surface area contributed by atoms with Crippen molar-refractivity contribution in [1.82, 2.24) is 0 Å². The van der Waals surface area contributed by atoms with E-state index in [0.717, 1.165) is 0 Å². The number of hydrogen-bond acceptors (Lipinski definition) is 11. The minimum atomic E-state index is 0.0953. The van der Waals surface area contributed by atoms with E-state index in [1.165, 1.54) is 0 Å². The first-order valence-electron chi connectivity index (χ1n) is 12.8. The second-order valence-electron chi connectivity index (χ2n) is 8.11. The van der Waals surface area contributed by atoms with Crippen LogP contribution in [0, 0.1) is 11.8 Å². The van der Waals surface area contributed by atoms with Crippen molar-refractivity contribution in [2.24, 2.45) is 11.8 Å². The van der Waals surface area contributed by atoms with Gasteiger partial charge < -0.3 is 52.1 Å². The molecular formula is C24H46O11. The summed E-state index contributed by atoms with van der Waals surface area (Å²) in [5.74, 6) is 0.196. The van der Waals surface area contributed by atoms with E-state index in [1.54, 1.807) is 0 Å². The molecular weight excluding hydrogens is 464 g/mol. The maximum atomic E-state index is 5.93. The van der Waals surface area contributed by atoms with Crippen LogP contribution in [0.15, 0.2) is 0 Å². The number of hydrogen-bond donors (Lipinski definition) is 0. The zero-order chi connectivity index (χ0) is 24.5. The van der Waals surface area contributed by atoms with Crippen molar-refractivity contribution in [1.29, 1.82) is 0 Å². The highest BCUT2D eigenvalue weighted by atomic mass is 16.6. The normalized spacial score (nSPS) is 25.7. The Balaban J connectivity index is 1.83. The topological polar surface area (TPSA) is 102 Å². The van der Waals surface area contributed by atoms with Gasteiger partial charge in [0, 0.05) is 11.8 Å². The Morgan fingerprint density at radius 3 is 0.514 bits per heavy atom. The first-order chi connectivity index (χ1) is 17.5. The van der Waals surface area contributed by atoms with Gasteiger partial charge in [-0.05, 0) is 0 Å². The fourth-order valence-electron chi connectivity index (χ4n) is 3.35. The van der Waals surface area contributed by atoms with E-state index in [1.807, 2.05) is 0 Å². The van der Waals surface area contributed by atoms with Gasteiger partial charge in [-0.15, -0.1) is 0 Å². The van der Waals surface area contributed by atoms with Crippen molar-refractivity contribution in [3.8, 4) is 0 Å². The summed E-state index contributed by atoms with van der Waals surface area (Å²) >= 11 is 0. The summed E-state index contributed by atoms with van der Waals surface area (Å²) in [6, 6.07) is 0. The quantitative estimate of drug-likeness (QED) is 0.491. The molecule has 0 bridgehead atoms. The van der Waals surface area contributed by atoms with Gasteiger partial charge in [-0.25, -0.2) is 0 Å². The molecule has 2 aliphatic rings. The van der Waals surface area contributed by atoms with Crippen molar-refractivity contribution < 1.29 is 52.1 Å². The third-order valence-corrected chi connectivity index (χ3v) is 5.34. The van der Waals surface area contributed by atoms with E-state index < -0.39 is 0 Å². The molecule has 2 aliphatic heterocycles. The van der Waals surface area contributed by atoms with Crippen molar-refractivity contribution in [2.45, 2.75) is 0 Å². The molecule has 2 fully saturated rings. The van der Waals surface area contributed by atoms with E-state index in [9.17, 15) is 0 Å². The third kappa shape index (κ3) is 18.5. The van der Waals surface area contributed by atoms with E-state index in [2.05, 4.69) is 0 Å². The zero-order valence-electron chi connectivity index (χ0n) is 21.2. The predicted octanol–water partition coefficient (Wildman–Crippen LogP) is 0.429. The monoisotopic (exact) mass is 510 g/mol. The summed E-state index contributed by atoms with van der Waals surface area (Å²) in [5.41, 5.74) is 0. The molecule has 0 unspecified atom stereocenters. The number of rotatable bonds is 1. The molecule has 208 valence electrons. The molecule has 0 amide bonds. The summed E-state index contributed by atoms with van der Waals surface area (Å²) in [6.45, 7) is 11.6. The molecule has 0 aliphatic carbocycles. The van der Waals surface area contributed by atoms with Crippen molar-refractivity contribution in [3.05, 3.63) is 0 Å². The van der Waals surface area contributed by atoms with E-state index in [-0.39, 0.29) is 11.8 Å². The highest BCUT2D eigenvalue weighted by Gasteiger charge is 2.23. The fraction of sp³-hybridized carbons (Fsp3) is 1.00.